The van der Waals surface area contributed by atoms with E-state index in [0.29, 0.717) is 24.6 Å². The number of benzene rings is 1. The summed E-state index contributed by atoms with van der Waals surface area (Å²) in [4.78, 5) is 25.0. The maximum Gasteiger partial charge on any atom is 0.241 e. The molecule has 1 aromatic rings. The maximum atomic E-state index is 12.1. The minimum Gasteiger partial charge on any atom is -0.342 e. The number of hydrogen-bond donors (Lipinski definition) is 2. The van der Waals surface area contributed by atoms with Crippen LogP contribution in [0.4, 0.5) is 5.69 Å². The average Bonchev–Trinajstić information content (AvgIpc) is 2.39. The number of nitrogens with zero attached hydrogens (tertiary/aromatic N) is 1. The van der Waals surface area contributed by atoms with E-state index in [9.17, 15) is 9.59 Å². The highest BCUT2D eigenvalue weighted by Gasteiger charge is 2.16. The maximum absolute atomic E-state index is 12.1. The van der Waals surface area contributed by atoms with Gasteiger partial charge in [0.15, 0.2) is 0 Å². The Balaban J connectivity index is 2.79. The van der Waals surface area contributed by atoms with Crippen molar-refractivity contribution in [1.29, 1.82) is 0 Å². The van der Waals surface area contributed by atoms with E-state index in [2.05, 4.69) is 5.32 Å². The van der Waals surface area contributed by atoms with Gasteiger partial charge in [-0.15, -0.1) is 0 Å². The van der Waals surface area contributed by atoms with Crippen molar-refractivity contribution in [3.63, 3.8) is 0 Å². The molecule has 1 rings (SSSR count). The third kappa shape index (κ3) is 5.55. The first-order chi connectivity index (χ1) is 9.81. The molecule has 1 aromatic carbocycles. The lowest BCUT2D eigenvalue weighted by Crippen LogP contribution is -2.37. The van der Waals surface area contributed by atoms with Crippen LogP contribution in [0.2, 0.25) is 0 Å². The van der Waals surface area contributed by atoms with Gasteiger partial charge in [0.1, 0.15) is 0 Å². The van der Waals surface area contributed by atoms with E-state index >= 15 is 0 Å². The van der Waals surface area contributed by atoms with Crippen molar-refractivity contribution < 1.29 is 9.59 Å². The number of para-hydroxylation sites is 1. The van der Waals surface area contributed by atoms with Crippen LogP contribution in [0, 0.1) is 5.92 Å². The standard InChI is InChI=1S/C16H25N3O2/c1-11(2)9-14(17)16(21)18-15-8-6-5-7-13(15)10-19(4)12(3)20/h5-8,11,14H,9-10,17H2,1-4H3,(H,18,21). The van der Waals surface area contributed by atoms with E-state index in [0.717, 1.165) is 5.56 Å². The largest absolute Gasteiger partial charge is 0.342 e. The predicted molar refractivity (Wildman–Crippen MR) is 84.7 cm³/mol. The van der Waals surface area contributed by atoms with Gasteiger partial charge in [-0.25, -0.2) is 0 Å². The highest BCUT2D eigenvalue weighted by Crippen LogP contribution is 2.17. The summed E-state index contributed by atoms with van der Waals surface area (Å²) in [5.41, 5.74) is 7.48. The quantitative estimate of drug-likeness (QED) is 0.841. The Kier molecular flexibility index (Phi) is 6.37. The molecule has 0 heterocycles. The molecule has 3 N–H and O–H groups in total. The molecule has 0 aliphatic rings. The number of nitrogens with one attached hydrogen (secondary N) is 1. The lowest BCUT2D eigenvalue weighted by molar-refractivity contribution is -0.128. The van der Waals surface area contributed by atoms with E-state index < -0.39 is 6.04 Å². The van der Waals surface area contributed by atoms with E-state index in [4.69, 9.17) is 5.73 Å². The van der Waals surface area contributed by atoms with Gasteiger partial charge in [-0.3, -0.25) is 9.59 Å². The number of rotatable bonds is 6. The van der Waals surface area contributed by atoms with Gasteiger partial charge in [0.2, 0.25) is 11.8 Å². The van der Waals surface area contributed by atoms with Crippen molar-refractivity contribution in [2.75, 3.05) is 12.4 Å². The molecule has 21 heavy (non-hydrogen) atoms. The Bertz CT molecular complexity index is 500. The van der Waals surface area contributed by atoms with Gasteiger partial charge in [-0.05, 0) is 24.0 Å². The Morgan fingerprint density at radius 1 is 1.29 bits per heavy atom. The van der Waals surface area contributed by atoms with E-state index in [1.165, 1.54) is 6.92 Å². The van der Waals surface area contributed by atoms with Crippen LogP contribution >= 0.6 is 0 Å². The SMILES string of the molecule is CC(=O)N(C)Cc1ccccc1NC(=O)C(N)CC(C)C. The number of carbonyl (C=O) groups excluding carboxylic acids is 2. The number of anilines is 1. The van der Waals surface area contributed by atoms with Crippen molar-refractivity contribution >= 4 is 17.5 Å². The molecule has 0 aliphatic heterocycles. The molecule has 0 aliphatic carbocycles. The third-order valence-corrected chi connectivity index (χ3v) is 3.28. The summed E-state index contributed by atoms with van der Waals surface area (Å²) >= 11 is 0. The second-order valence-electron chi connectivity index (χ2n) is 5.76. The third-order valence-electron chi connectivity index (χ3n) is 3.28. The molecule has 2 amide bonds. The van der Waals surface area contributed by atoms with Crippen molar-refractivity contribution in [1.82, 2.24) is 4.90 Å². The highest BCUT2D eigenvalue weighted by molar-refractivity contribution is 5.95. The second kappa shape index (κ2) is 7.78. The zero-order valence-electron chi connectivity index (χ0n) is 13.2. The first-order valence-electron chi connectivity index (χ1n) is 7.17. The highest BCUT2D eigenvalue weighted by atomic mass is 16.2. The van der Waals surface area contributed by atoms with Crippen LogP contribution in [0.15, 0.2) is 24.3 Å². The van der Waals surface area contributed by atoms with Crippen LogP contribution in [0.3, 0.4) is 0 Å². The van der Waals surface area contributed by atoms with Crippen molar-refractivity contribution in [3.8, 4) is 0 Å². The summed E-state index contributed by atoms with van der Waals surface area (Å²) in [7, 11) is 1.73. The fourth-order valence-corrected chi connectivity index (χ4v) is 1.99. The van der Waals surface area contributed by atoms with Crippen molar-refractivity contribution in [2.24, 2.45) is 11.7 Å². The topological polar surface area (TPSA) is 75.4 Å². The lowest BCUT2D eigenvalue weighted by atomic mass is 10.0. The summed E-state index contributed by atoms with van der Waals surface area (Å²) in [5.74, 6) is 0.152. The molecule has 116 valence electrons. The lowest BCUT2D eigenvalue weighted by Gasteiger charge is -2.19. The zero-order valence-corrected chi connectivity index (χ0v) is 13.2. The minimum atomic E-state index is -0.524. The van der Waals surface area contributed by atoms with Gasteiger partial charge < -0.3 is 16.0 Å². The van der Waals surface area contributed by atoms with Crippen LogP contribution < -0.4 is 11.1 Å². The Labute approximate surface area is 126 Å². The molecule has 0 aromatic heterocycles. The van der Waals surface area contributed by atoms with E-state index in [1.807, 2.05) is 38.1 Å². The van der Waals surface area contributed by atoms with Gasteiger partial charge in [-0.2, -0.15) is 0 Å². The monoisotopic (exact) mass is 291 g/mol. The second-order valence-corrected chi connectivity index (χ2v) is 5.76. The van der Waals surface area contributed by atoms with Gasteiger partial charge in [-0.1, -0.05) is 32.0 Å². The number of carbonyl (C=O) groups is 2. The smallest absolute Gasteiger partial charge is 0.241 e. The summed E-state index contributed by atoms with van der Waals surface area (Å²) in [5, 5.41) is 2.86. The molecular weight excluding hydrogens is 266 g/mol. The van der Waals surface area contributed by atoms with Gasteiger partial charge in [0.05, 0.1) is 6.04 Å². The molecule has 1 atom stereocenters. The molecule has 0 fully saturated rings. The van der Waals surface area contributed by atoms with Crippen LogP contribution in [-0.2, 0) is 16.1 Å². The van der Waals surface area contributed by atoms with Gasteiger partial charge in [0.25, 0.3) is 0 Å². The van der Waals surface area contributed by atoms with Gasteiger partial charge in [0, 0.05) is 26.2 Å². The predicted octanol–water partition coefficient (Wildman–Crippen LogP) is 1.98. The van der Waals surface area contributed by atoms with Crippen LogP contribution in [0.5, 0.6) is 0 Å². The first kappa shape index (κ1) is 17.2. The molecule has 0 saturated carbocycles. The van der Waals surface area contributed by atoms with E-state index in [-0.39, 0.29) is 11.8 Å². The van der Waals surface area contributed by atoms with Crippen molar-refractivity contribution in [3.05, 3.63) is 29.8 Å². The Morgan fingerprint density at radius 2 is 1.90 bits per heavy atom. The normalized spacial score (nSPS) is 12.1. The van der Waals surface area contributed by atoms with Crippen LogP contribution in [-0.4, -0.2) is 29.8 Å². The number of hydrogen-bond acceptors (Lipinski definition) is 3. The number of amides is 2. The molecule has 0 saturated heterocycles. The molecule has 0 bridgehead atoms. The summed E-state index contributed by atoms with van der Waals surface area (Å²) in [6, 6.07) is 6.92. The molecule has 5 nitrogen and oxygen atoms in total. The Hall–Kier alpha value is -1.88. The molecule has 1 unspecified atom stereocenters. The first-order valence-corrected chi connectivity index (χ1v) is 7.17. The fraction of sp³-hybridized carbons (Fsp3) is 0.500. The molecule has 0 radical (unpaired) electrons. The summed E-state index contributed by atoms with van der Waals surface area (Å²) in [6.07, 6.45) is 0.640. The number of nitrogens with two attached hydrogens (primary N) is 1. The zero-order chi connectivity index (χ0) is 16.0. The van der Waals surface area contributed by atoms with Crippen LogP contribution in [0.1, 0.15) is 32.8 Å². The van der Waals surface area contributed by atoms with Crippen molar-refractivity contribution in [2.45, 2.75) is 39.8 Å². The molecule has 5 heteroatoms. The summed E-state index contributed by atoms with van der Waals surface area (Å²) < 4.78 is 0. The van der Waals surface area contributed by atoms with E-state index in [1.54, 1.807) is 11.9 Å². The van der Waals surface area contributed by atoms with Gasteiger partial charge >= 0.3 is 0 Å². The van der Waals surface area contributed by atoms with Crippen LogP contribution in [0.25, 0.3) is 0 Å². The average molecular weight is 291 g/mol. The minimum absolute atomic E-state index is 0.0207. The molecule has 0 spiro atoms. The fourth-order valence-electron chi connectivity index (χ4n) is 1.99. The summed E-state index contributed by atoms with van der Waals surface area (Å²) in [6.45, 7) is 6.02. The molecular formula is C16H25N3O2. The Morgan fingerprint density at radius 3 is 2.48 bits per heavy atom.